The van der Waals surface area contributed by atoms with Crippen molar-refractivity contribution >= 4 is 37.2 Å². The Bertz CT molecular complexity index is 793. The van der Waals surface area contributed by atoms with E-state index in [0.717, 1.165) is 5.69 Å². The van der Waals surface area contributed by atoms with E-state index in [1.165, 1.54) is 27.8 Å². The molecular weight excluding hydrogens is 334 g/mol. The number of rotatable bonds is 6. The summed E-state index contributed by atoms with van der Waals surface area (Å²) in [5.41, 5.74) is 6.89. The van der Waals surface area contributed by atoms with Crippen molar-refractivity contribution in [2.24, 2.45) is 10.2 Å². The summed E-state index contributed by atoms with van der Waals surface area (Å²) in [7, 11) is -3.45. The maximum absolute atomic E-state index is 12.4. The molecule has 7 nitrogen and oxygen atoms in total. The molecule has 0 aliphatic rings. The second kappa shape index (κ2) is 7.16. The Balaban J connectivity index is 2.21. The lowest BCUT2D eigenvalue weighted by atomic mass is 10.3. The highest BCUT2D eigenvalue weighted by Gasteiger charge is 2.21. The van der Waals surface area contributed by atoms with Crippen LogP contribution in [0.1, 0.15) is 19.5 Å². The lowest BCUT2D eigenvalue weighted by Gasteiger charge is -2.18. The van der Waals surface area contributed by atoms with Gasteiger partial charge in [-0.3, -0.25) is 0 Å². The van der Waals surface area contributed by atoms with E-state index in [-0.39, 0.29) is 4.90 Å². The molecule has 0 saturated heterocycles. The van der Waals surface area contributed by atoms with Crippen molar-refractivity contribution in [3.05, 3.63) is 30.0 Å². The monoisotopic (exact) mass is 353 g/mol. The minimum atomic E-state index is -3.45. The first-order valence-electron chi connectivity index (χ1n) is 7.13. The Hall–Kier alpha value is -1.84. The van der Waals surface area contributed by atoms with E-state index in [1.54, 1.807) is 19.1 Å². The van der Waals surface area contributed by atoms with Gasteiger partial charge in [0, 0.05) is 13.1 Å². The first kappa shape index (κ1) is 17.5. The Kier molecular flexibility index (Phi) is 5.45. The number of hydrogen-bond acceptors (Lipinski definition) is 7. The van der Waals surface area contributed by atoms with Gasteiger partial charge in [-0.25, -0.2) is 13.4 Å². The number of nitrogens with zero attached hydrogens (tertiary/aromatic N) is 4. The van der Waals surface area contributed by atoms with Crippen LogP contribution in [0, 0.1) is 6.92 Å². The van der Waals surface area contributed by atoms with Gasteiger partial charge in [0.05, 0.1) is 16.3 Å². The Morgan fingerprint density at radius 2 is 1.78 bits per heavy atom. The van der Waals surface area contributed by atoms with Crippen molar-refractivity contribution < 1.29 is 8.42 Å². The fourth-order valence-electron chi connectivity index (χ4n) is 2.00. The van der Waals surface area contributed by atoms with Gasteiger partial charge >= 0.3 is 0 Å². The summed E-state index contributed by atoms with van der Waals surface area (Å²) in [6.45, 7) is 6.30. The van der Waals surface area contributed by atoms with Gasteiger partial charge in [-0.2, -0.15) is 4.31 Å². The lowest BCUT2D eigenvalue weighted by Crippen LogP contribution is -2.30. The zero-order valence-electron chi connectivity index (χ0n) is 13.2. The molecule has 1 heterocycles. The third kappa shape index (κ3) is 3.92. The Labute approximate surface area is 139 Å². The summed E-state index contributed by atoms with van der Waals surface area (Å²) in [4.78, 5) is 4.31. The Morgan fingerprint density at radius 1 is 1.17 bits per heavy atom. The number of thiazole rings is 1. The zero-order chi connectivity index (χ0) is 17.0. The molecule has 0 unspecified atom stereocenters. The van der Waals surface area contributed by atoms with Gasteiger partial charge in [0.15, 0.2) is 10.1 Å². The standard InChI is InChI=1S/C14H19N5O2S2/c1-4-19(5-2)23(20,21)12-8-6-11(7-9-12)17-18-13-10(3)16-14(15)22-13/h6-9H,4-5H2,1-3H3,(H2,15,16). The van der Waals surface area contributed by atoms with Crippen LogP contribution >= 0.6 is 11.3 Å². The molecule has 0 aliphatic carbocycles. The molecule has 0 spiro atoms. The van der Waals surface area contributed by atoms with E-state index in [4.69, 9.17) is 5.73 Å². The van der Waals surface area contributed by atoms with Crippen LogP contribution < -0.4 is 5.73 Å². The molecule has 0 atom stereocenters. The van der Waals surface area contributed by atoms with Gasteiger partial charge < -0.3 is 5.73 Å². The van der Waals surface area contributed by atoms with Crippen molar-refractivity contribution in [1.82, 2.24) is 9.29 Å². The predicted molar refractivity (Wildman–Crippen MR) is 92.0 cm³/mol. The van der Waals surface area contributed by atoms with Crippen molar-refractivity contribution in [3.63, 3.8) is 0 Å². The summed E-state index contributed by atoms with van der Waals surface area (Å²) in [6.07, 6.45) is 0. The molecule has 124 valence electrons. The molecule has 0 bridgehead atoms. The fraction of sp³-hybridized carbons (Fsp3) is 0.357. The molecule has 0 saturated carbocycles. The highest BCUT2D eigenvalue weighted by molar-refractivity contribution is 7.89. The van der Waals surface area contributed by atoms with Crippen LogP contribution in [0.4, 0.5) is 15.8 Å². The maximum atomic E-state index is 12.4. The molecule has 2 rings (SSSR count). The van der Waals surface area contributed by atoms with Crippen molar-refractivity contribution in [1.29, 1.82) is 0 Å². The summed E-state index contributed by atoms with van der Waals surface area (Å²) >= 11 is 1.25. The van der Waals surface area contributed by atoms with Crippen molar-refractivity contribution in [3.8, 4) is 0 Å². The average molecular weight is 353 g/mol. The molecule has 2 N–H and O–H groups in total. The molecule has 0 radical (unpaired) electrons. The predicted octanol–water partition coefficient (Wildman–Crippen LogP) is 3.48. The van der Waals surface area contributed by atoms with Crippen LogP contribution in [0.15, 0.2) is 39.4 Å². The van der Waals surface area contributed by atoms with Crippen LogP contribution in [-0.2, 0) is 10.0 Å². The molecule has 2 aromatic rings. The topological polar surface area (TPSA) is 101 Å². The highest BCUT2D eigenvalue weighted by Crippen LogP contribution is 2.30. The first-order valence-corrected chi connectivity index (χ1v) is 9.39. The van der Waals surface area contributed by atoms with E-state index in [2.05, 4.69) is 15.2 Å². The van der Waals surface area contributed by atoms with Crippen LogP contribution in [0.25, 0.3) is 0 Å². The minimum Gasteiger partial charge on any atom is -0.375 e. The number of hydrogen-bond donors (Lipinski definition) is 1. The first-order chi connectivity index (χ1) is 10.9. The SMILES string of the molecule is CCN(CC)S(=O)(=O)c1ccc(N=Nc2sc(N)nc2C)cc1. The normalized spacial score (nSPS) is 12.3. The summed E-state index contributed by atoms with van der Waals surface area (Å²) in [6, 6.07) is 6.32. The number of azo groups is 1. The molecule has 0 amide bonds. The quantitative estimate of drug-likeness (QED) is 0.803. The molecule has 1 aromatic heterocycles. The van der Waals surface area contributed by atoms with Gasteiger partial charge in [0.1, 0.15) is 0 Å². The van der Waals surface area contributed by atoms with Gasteiger partial charge in [-0.1, -0.05) is 25.2 Å². The van der Waals surface area contributed by atoms with Crippen LogP contribution in [-0.4, -0.2) is 30.8 Å². The minimum absolute atomic E-state index is 0.248. The molecule has 23 heavy (non-hydrogen) atoms. The molecule has 0 fully saturated rings. The van der Waals surface area contributed by atoms with Crippen LogP contribution in [0.2, 0.25) is 0 Å². The molecular formula is C14H19N5O2S2. The molecule has 0 aliphatic heterocycles. The third-order valence-electron chi connectivity index (χ3n) is 3.22. The summed E-state index contributed by atoms with van der Waals surface area (Å²) in [5.74, 6) is 0. The van der Waals surface area contributed by atoms with Crippen molar-refractivity contribution in [2.75, 3.05) is 18.8 Å². The van der Waals surface area contributed by atoms with Crippen molar-refractivity contribution in [2.45, 2.75) is 25.7 Å². The smallest absolute Gasteiger partial charge is 0.243 e. The number of anilines is 1. The average Bonchev–Trinajstić information content (AvgIpc) is 2.84. The van der Waals surface area contributed by atoms with Gasteiger partial charge in [-0.15, -0.1) is 10.2 Å². The lowest BCUT2D eigenvalue weighted by molar-refractivity contribution is 0.445. The number of nitrogens with two attached hydrogens (primary N) is 1. The van der Waals surface area contributed by atoms with Gasteiger partial charge in [0.2, 0.25) is 10.0 Å². The van der Waals surface area contributed by atoms with E-state index in [1.807, 2.05) is 13.8 Å². The van der Waals surface area contributed by atoms with E-state index in [0.29, 0.717) is 28.9 Å². The highest BCUT2D eigenvalue weighted by atomic mass is 32.2. The van der Waals surface area contributed by atoms with E-state index < -0.39 is 10.0 Å². The van der Waals surface area contributed by atoms with E-state index in [9.17, 15) is 8.42 Å². The number of nitrogen functional groups attached to an aromatic ring is 1. The number of benzene rings is 1. The van der Waals surface area contributed by atoms with Gasteiger partial charge in [0.25, 0.3) is 0 Å². The maximum Gasteiger partial charge on any atom is 0.243 e. The number of sulfonamides is 1. The second-order valence-corrected chi connectivity index (χ2v) is 7.67. The Morgan fingerprint density at radius 3 is 2.26 bits per heavy atom. The zero-order valence-corrected chi connectivity index (χ0v) is 14.9. The number of aryl methyl sites for hydroxylation is 1. The summed E-state index contributed by atoms with van der Waals surface area (Å²) < 4.78 is 26.2. The largest absolute Gasteiger partial charge is 0.375 e. The van der Waals surface area contributed by atoms with Crippen LogP contribution in [0.3, 0.4) is 0 Å². The fourth-order valence-corrected chi connectivity index (χ4v) is 4.12. The van der Waals surface area contributed by atoms with E-state index >= 15 is 0 Å². The van der Waals surface area contributed by atoms with Gasteiger partial charge in [-0.05, 0) is 31.2 Å². The molecule has 9 heteroatoms. The van der Waals surface area contributed by atoms with Crippen LogP contribution in [0.5, 0.6) is 0 Å². The summed E-state index contributed by atoms with van der Waals surface area (Å²) in [5, 5.41) is 9.27. The third-order valence-corrected chi connectivity index (χ3v) is 6.16. The number of aromatic nitrogens is 1. The molecule has 1 aromatic carbocycles. The second-order valence-electron chi connectivity index (χ2n) is 4.73.